The molecular formula is C46H90NO8P. The maximum Gasteiger partial charge on any atom is 0.306 e. The quantitative estimate of drug-likeness (QED) is 0.0197. The number of esters is 2. The third-order valence-electron chi connectivity index (χ3n) is 10.3. The van der Waals surface area contributed by atoms with Crippen LogP contribution in [0.3, 0.4) is 0 Å². The van der Waals surface area contributed by atoms with Gasteiger partial charge in [-0.2, -0.15) is 0 Å². The minimum absolute atomic E-state index is 0.0289. The first kappa shape index (κ1) is 54.8. The summed E-state index contributed by atoms with van der Waals surface area (Å²) >= 11 is 0. The number of ether oxygens (including phenoxy) is 2. The molecule has 0 radical (unpaired) electrons. The highest BCUT2D eigenvalue weighted by atomic mass is 31.2. The second-order valence-corrected chi connectivity index (χ2v) is 18.5. The molecule has 0 rings (SSSR count). The molecule has 1 unspecified atom stereocenters. The van der Waals surface area contributed by atoms with Crippen LogP contribution >= 0.6 is 7.82 Å². The van der Waals surface area contributed by atoms with E-state index in [0.29, 0.717) is 17.4 Å². The van der Waals surface area contributed by atoms with Crippen LogP contribution in [0.2, 0.25) is 0 Å². The number of nitrogens with zero attached hydrogens (tertiary/aromatic N) is 1. The van der Waals surface area contributed by atoms with Gasteiger partial charge >= 0.3 is 11.9 Å². The molecule has 0 fully saturated rings. The molecule has 2 atom stereocenters. The molecule has 0 bridgehead atoms. The third kappa shape index (κ3) is 42.4. The molecule has 0 amide bonds. The first-order chi connectivity index (χ1) is 27.0. The number of allylic oxidation sites excluding steroid dienone is 2. The van der Waals surface area contributed by atoms with E-state index in [1.807, 2.05) is 21.1 Å². The second-order valence-electron chi connectivity index (χ2n) is 17.1. The third-order valence-corrected chi connectivity index (χ3v) is 11.2. The smallest absolute Gasteiger partial charge is 0.306 e. The lowest BCUT2D eigenvalue weighted by Gasteiger charge is -2.28. The summed E-state index contributed by atoms with van der Waals surface area (Å²) in [5.74, 6) is -0.835. The zero-order chi connectivity index (χ0) is 41.4. The average molecular weight is 816 g/mol. The van der Waals surface area contributed by atoms with E-state index in [9.17, 15) is 19.0 Å². The normalized spacial score (nSPS) is 13.6. The van der Waals surface area contributed by atoms with Crippen molar-refractivity contribution in [2.45, 2.75) is 225 Å². The van der Waals surface area contributed by atoms with Crippen LogP contribution in [0.15, 0.2) is 12.2 Å². The van der Waals surface area contributed by atoms with Crippen molar-refractivity contribution in [3.63, 3.8) is 0 Å². The average Bonchev–Trinajstić information content (AvgIpc) is 3.15. The van der Waals surface area contributed by atoms with Crippen molar-refractivity contribution in [1.82, 2.24) is 0 Å². The van der Waals surface area contributed by atoms with E-state index in [1.165, 1.54) is 128 Å². The predicted molar refractivity (Wildman–Crippen MR) is 231 cm³/mol. The number of rotatable bonds is 43. The van der Waals surface area contributed by atoms with Gasteiger partial charge in [0.2, 0.25) is 0 Å². The van der Waals surface area contributed by atoms with E-state index in [0.717, 1.165) is 57.8 Å². The first-order valence-electron chi connectivity index (χ1n) is 23.4. The van der Waals surface area contributed by atoms with Gasteiger partial charge in [0.05, 0.1) is 27.7 Å². The Balaban J connectivity index is 4.21. The van der Waals surface area contributed by atoms with Gasteiger partial charge in [0.15, 0.2) is 6.10 Å². The first-order valence-corrected chi connectivity index (χ1v) is 24.9. The molecule has 0 N–H and O–H groups in total. The Bertz CT molecular complexity index is 969. The molecule has 10 heteroatoms. The molecular weight excluding hydrogens is 725 g/mol. The molecule has 0 saturated carbocycles. The zero-order valence-corrected chi connectivity index (χ0v) is 38.2. The van der Waals surface area contributed by atoms with Gasteiger partial charge in [-0.15, -0.1) is 0 Å². The van der Waals surface area contributed by atoms with Gasteiger partial charge in [-0.05, 0) is 32.1 Å². The van der Waals surface area contributed by atoms with E-state index in [-0.39, 0.29) is 26.1 Å². The van der Waals surface area contributed by atoms with Gasteiger partial charge in [-0.3, -0.25) is 14.2 Å². The Morgan fingerprint density at radius 3 is 1.38 bits per heavy atom. The number of carbonyl (C=O) groups excluding carboxylic acids is 2. The molecule has 9 nitrogen and oxygen atoms in total. The van der Waals surface area contributed by atoms with Crippen LogP contribution in [0, 0.1) is 0 Å². The summed E-state index contributed by atoms with van der Waals surface area (Å²) < 4.78 is 33.9. The highest BCUT2D eigenvalue weighted by Crippen LogP contribution is 2.38. The monoisotopic (exact) mass is 816 g/mol. The molecule has 0 aromatic heterocycles. The van der Waals surface area contributed by atoms with Gasteiger partial charge in [-0.1, -0.05) is 187 Å². The summed E-state index contributed by atoms with van der Waals surface area (Å²) in [6, 6.07) is 0. The van der Waals surface area contributed by atoms with E-state index in [1.54, 1.807) is 0 Å². The minimum Gasteiger partial charge on any atom is -0.756 e. The fourth-order valence-electron chi connectivity index (χ4n) is 6.58. The van der Waals surface area contributed by atoms with Crippen LogP contribution in [-0.4, -0.2) is 70.0 Å². The van der Waals surface area contributed by atoms with Crippen molar-refractivity contribution in [3.05, 3.63) is 12.2 Å². The van der Waals surface area contributed by atoms with Crippen molar-refractivity contribution in [2.24, 2.45) is 0 Å². The maximum absolute atomic E-state index is 12.7. The molecule has 0 aliphatic carbocycles. The molecule has 0 aliphatic rings. The van der Waals surface area contributed by atoms with E-state index in [4.69, 9.17) is 18.5 Å². The lowest BCUT2D eigenvalue weighted by Crippen LogP contribution is -2.37. The summed E-state index contributed by atoms with van der Waals surface area (Å²) in [5, 5.41) is 0. The summed E-state index contributed by atoms with van der Waals surface area (Å²) in [7, 11) is 1.17. The number of hydrogen-bond acceptors (Lipinski definition) is 8. The van der Waals surface area contributed by atoms with Crippen LogP contribution in [0.4, 0.5) is 0 Å². The second kappa shape index (κ2) is 39.2. The fraction of sp³-hybridized carbons (Fsp3) is 0.913. The highest BCUT2D eigenvalue weighted by molar-refractivity contribution is 7.45. The summed E-state index contributed by atoms with van der Waals surface area (Å²) in [6.45, 7) is 4.21. The molecule has 56 heavy (non-hydrogen) atoms. The van der Waals surface area contributed by atoms with Gasteiger partial charge in [-0.25, -0.2) is 0 Å². The maximum atomic E-state index is 12.7. The number of likely N-dealkylation sites (N-methyl/N-ethyl adjacent to an activating group) is 1. The summed E-state index contributed by atoms with van der Waals surface area (Å²) in [5.41, 5.74) is 0. The Morgan fingerprint density at radius 2 is 0.929 bits per heavy atom. The van der Waals surface area contributed by atoms with Gasteiger partial charge in [0.1, 0.15) is 19.8 Å². The molecule has 0 aliphatic heterocycles. The van der Waals surface area contributed by atoms with Gasteiger partial charge in [0, 0.05) is 12.8 Å². The topological polar surface area (TPSA) is 111 Å². The van der Waals surface area contributed by atoms with E-state index < -0.39 is 32.5 Å². The SMILES string of the molecule is CCCC/C=C\CCCCCCCC(=O)OC[C@H](COP(=O)([O-])OCC[N+](C)(C)C)OC(=O)CCCCCCCCCCCCCCCCCCCCCCC. The Labute approximate surface area is 346 Å². The van der Waals surface area contributed by atoms with Gasteiger partial charge in [0.25, 0.3) is 7.82 Å². The van der Waals surface area contributed by atoms with Crippen LogP contribution in [0.1, 0.15) is 219 Å². The summed E-state index contributed by atoms with van der Waals surface area (Å²) in [4.78, 5) is 37.5. The lowest BCUT2D eigenvalue weighted by atomic mass is 10.0. The Kier molecular flexibility index (Phi) is 38.3. The lowest BCUT2D eigenvalue weighted by molar-refractivity contribution is -0.870. The molecule has 0 aromatic rings. The minimum atomic E-state index is -4.62. The van der Waals surface area contributed by atoms with E-state index >= 15 is 0 Å². The summed E-state index contributed by atoms with van der Waals surface area (Å²) in [6.07, 6.45) is 41.0. The number of carbonyl (C=O) groups is 2. The molecule has 0 heterocycles. The Hall–Kier alpha value is -1.25. The van der Waals surface area contributed by atoms with Crippen LogP contribution in [-0.2, 0) is 32.7 Å². The van der Waals surface area contributed by atoms with Crippen molar-refractivity contribution in [1.29, 1.82) is 0 Å². The number of quaternary nitrogens is 1. The zero-order valence-electron chi connectivity index (χ0n) is 37.3. The van der Waals surface area contributed by atoms with Crippen LogP contribution in [0.5, 0.6) is 0 Å². The number of phosphoric ester groups is 1. The highest BCUT2D eigenvalue weighted by Gasteiger charge is 2.21. The standard InChI is InChI=1S/C46H90NO8P/c1-6-8-10-12-14-16-18-19-20-21-22-23-24-25-26-27-29-31-33-35-37-39-46(49)55-44(43-54-56(50,51)53-41-40-47(3,4)5)42-52-45(48)38-36-34-32-30-28-17-15-13-11-9-7-2/h13,15,44H,6-12,14,16-43H2,1-5H3/b15-13-/t44-/m1/s1. The number of phosphoric acid groups is 1. The van der Waals surface area contributed by atoms with E-state index in [2.05, 4.69) is 26.0 Å². The van der Waals surface area contributed by atoms with Crippen LogP contribution < -0.4 is 4.89 Å². The molecule has 0 aromatic carbocycles. The fourth-order valence-corrected chi connectivity index (χ4v) is 7.31. The largest absolute Gasteiger partial charge is 0.756 e. The number of hydrogen-bond donors (Lipinski definition) is 0. The van der Waals surface area contributed by atoms with Crippen molar-refractivity contribution >= 4 is 19.8 Å². The van der Waals surface area contributed by atoms with Crippen LogP contribution in [0.25, 0.3) is 0 Å². The number of unbranched alkanes of at least 4 members (excludes halogenated alkanes) is 27. The van der Waals surface area contributed by atoms with Crippen molar-refractivity contribution in [2.75, 3.05) is 47.5 Å². The molecule has 0 spiro atoms. The van der Waals surface area contributed by atoms with Crippen molar-refractivity contribution < 1.29 is 42.1 Å². The molecule has 0 saturated heterocycles. The predicted octanol–water partition coefficient (Wildman–Crippen LogP) is 12.7. The Morgan fingerprint density at radius 1 is 0.536 bits per heavy atom. The molecule has 332 valence electrons. The van der Waals surface area contributed by atoms with Gasteiger partial charge < -0.3 is 27.9 Å². The van der Waals surface area contributed by atoms with Crippen molar-refractivity contribution in [3.8, 4) is 0 Å².